The van der Waals surface area contributed by atoms with Crippen molar-refractivity contribution in [1.29, 1.82) is 0 Å². The van der Waals surface area contributed by atoms with Gasteiger partial charge in [-0.25, -0.2) is 0 Å². The molecule has 0 bridgehead atoms. The van der Waals surface area contributed by atoms with E-state index in [-0.39, 0.29) is 18.6 Å². The Balaban J connectivity index is 2.04. The van der Waals surface area contributed by atoms with Crippen molar-refractivity contribution in [3.8, 4) is 5.75 Å². The van der Waals surface area contributed by atoms with Crippen LogP contribution in [0.2, 0.25) is 0 Å². The number of halogens is 1. The molecule has 0 saturated heterocycles. The molecule has 25 heavy (non-hydrogen) atoms. The van der Waals surface area contributed by atoms with E-state index in [1.807, 2.05) is 56.3 Å². The summed E-state index contributed by atoms with van der Waals surface area (Å²) < 4.78 is 17.6. The fourth-order valence-electron chi connectivity index (χ4n) is 2.84. The van der Waals surface area contributed by atoms with Crippen LogP contribution < -0.4 is 4.74 Å². The summed E-state index contributed by atoms with van der Waals surface area (Å²) in [5.41, 5.74) is 2.79. The standard InChI is InChI=1S/C20H19BrO4/c1-13(2)25-16-7-8-20-17(9-16)19(11-24-20)18(10-23-12-22)14-3-5-15(21)6-4-14/h3-9,11-13,18H,10H2,1-2H3. The van der Waals surface area contributed by atoms with Crippen LogP contribution in [-0.2, 0) is 9.53 Å². The van der Waals surface area contributed by atoms with Crippen LogP contribution >= 0.6 is 15.9 Å². The highest BCUT2D eigenvalue weighted by Crippen LogP contribution is 2.35. The Morgan fingerprint density at radius 2 is 1.92 bits per heavy atom. The van der Waals surface area contributed by atoms with Crippen molar-refractivity contribution in [2.24, 2.45) is 0 Å². The van der Waals surface area contributed by atoms with E-state index in [2.05, 4.69) is 15.9 Å². The number of hydrogen-bond acceptors (Lipinski definition) is 4. The van der Waals surface area contributed by atoms with Crippen LogP contribution in [0.3, 0.4) is 0 Å². The van der Waals surface area contributed by atoms with E-state index in [0.717, 1.165) is 32.3 Å². The third-order valence-corrected chi connectivity index (χ3v) is 4.45. The van der Waals surface area contributed by atoms with Crippen molar-refractivity contribution in [3.63, 3.8) is 0 Å². The lowest BCUT2D eigenvalue weighted by Gasteiger charge is -2.16. The summed E-state index contributed by atoms with van der Waals surface area (Å²) in [7, 11) is 0. The molecule has 4 nitrogen and oxygen atoms in total. The molecule has 0 N–H and O–H groups in total. The molecule has 2 aromatic carbocycles. The second kappa shape index (κ2) is 7.74. The number of hydrogen-bond donors (Lipinski definition) is 0. The number of fused-ring (bicyclic) bond motifs is 1. The molecule has 1 heterocycles. The van der Waals surface area contributed by atoms with Crippen LogP contribution in [0, 0.1) is 0 Å². The monoisotopic (exact) mass is 402 g/mol. The van der Waals surface area contributed by atoms with Crippen molar-refractivity contribution in [1.82, 2.24) is 0 Å². The highest BCUT2D eigenvalue weighted by molar-refractivity contribution is 9.10. The minimum absolute atomic E-state index is 0.0912. The average Bonchev–Trinajstić information content (AvgIpc) is 2.99. The van der Waals surface area contributed by atoms with Crippen LogP contribution in [0.15, 0.2) is 57.6 Å². The van der Waals surface area contributed by atoms with E-state index in [1.54, 1.807) is 6.26 Å². The molecule has 0 fully saturated rings. The Morgan fingerprint density at radius 1 is 1.16 bits per heavy atom. The van der Waals surface area contributed by atoms with E-state index in [4.69, 9.17) is 13.9 Å². The van der Waals surface area contributed by atoms with E-state index in [9.17, 15) is 4.79 Å². The van der Waals surface area contributed by atoms with Gasteiger partial charge in [0.2, 0.25) is 0 Å². The van der Waals surface area contributed by atoms with Gasteiger partial charge in [-0.1, -0.05) is 28.1 Å². The van der Waals surface area contributed by atoms with Gasteiger partial charge in [0, 0.05) is 21.3 Å². The van der Waals surface area contributed by atoms with Crippen LogP contribution in [0.5, 0.6) is 5.75 Å². The van der Waals surface area contributed by atoms with Gasteiger partial charge in [-0.15, -0.1) is 0 Å². The van der Waals surface area contributed by atoms with Crippen molar-refractivity contribution < 1.29 is 18.7 Å². The topological polar surface area (TPSA) is 48.7 Å². The number of ether oxygens (including phenoxy) is 2. The van der Waals surface area contributed by atoms with Gasteiger partial charge in [-0.3, -0.25) is 4.79 Å². The zero-order valence-corrected chi connectivity index (χ0v) is 15.7. The van der Waals surface area contributed by atoms with Gasteiger partial charge in [-0.05, 0) is 49.7 Å². The van der Waals surface area contributed by atoms with Gasteiger partial charge in [0.15, 0.2) is 0 Å². The van der Waals surface area contributed by atoms with Crippen molar-refractivity contribution in [3.05, 3.63) is 64.3 Å². The summed E-state index contributed by atoms with van der Waals surface area (Å²) in [6.45, 7) is 4.70. The third kappa shape index (κ3) is 4.04. The molecule has 1 unspecified atom stereocenters. The molecule has 0 aliphatic carbocycles. The fourth-order valence-corrected chi connectivity index (χ4v) is 3.10. The maximum Gasteiger partial charge on any atom is 0.293 e. The van der Waals surface area contributed by atoms with E-state index < -0.39 is 0 Å². The summed E-state index contributed by atoms with van der Waals surface area (Å²) in [6.07, 6.45) is 1.82. The van der Waals surface area contributed by atoms with Gasteiger partial charge in [0.05, 0.1) is 12.4 Å². The fraction of sp³-hybridized carbons (Fsp3) is 0.250. The molecule has 0 spiro atoms. The van der Waals surface area contributed by atoms with E-state index in [0.29, 0.717) is 6.47 Å². The number of carbonyl (C=O) groups is 1. The SMILES string of the molecule is CC(C)Oc1ccc2occ(C(COC=O)c3ccc(Br)cc3)c2c1. The van der Waals surface area contributed by atoms with Gasteiger partial charge in [0.1, 0.15) is 17.9 Å². The van der Waals surface area contributed by atoms with Crippen LogP contribution in [0.4, 0.5) is 0 Å². The highest BCUT2D eigenvalue weighted by Gasteiger charge is 2.20. The summed E-state index contributed by atoms with van der Waals surface area (Å²) in [6, 6.07) is 13.7. The average molecular weight is 403 g/mol. The van der Waals surface area contributed by atoms with Crippen LogP contribution in [0.1, 0.15) is 30.9 Å². The molecule has 0 aliphatic rings. The van der Waals surface area contributed by atoms with Gasteiger partial charge in [-0.2, -0.15) is 0 Å². The molecule has 5 heteroatoms. The molecule has 130 valence electrons. The van der Waals surface area contributed by atoms with Gasteiger partial charge >= 0.3 is 0 Å². The summed E-state index contributed by atoms with van der Waals surface area (Å²) >= 11 is 3.45. The predicted octanol–water partition coefficient (Wildman–Crippen LogP) is 5.29. The van der Waals surface area contributed by atoms with Crippen molar-refractivity contribution in [2.75, 3.05) is 6.61 Å². The molecule has 1 atom stereocenters. The molecule has 0 aliphatic heterocycles. The normalized spacial score (nSPS) is 12.3. The first kappa shape index (κ1) is 17.5. The second-order valence-corrected chi connectivity index (χ2v) is 6.96. The lowest BCUT2D eigenvalue weighted by Crippen LogP contribution is -2.09. The Labute approximate surface area is 154 Å². The molecular formula is C20H19BrO4. The lowest BCUT2D eigenvalue weighted by atomic mass is 9.91. The predicted molar refractivity (Wildman–Crippen MR) is 100.0 cm³/mol. The Kier molecular flexibility index (Phi) is 5.43. The first-order valence-electron chi connectivity index (χ1n) is 8.07. The van der Waals surface area contributed by atoms with Gasteiger partial charge < -0.3 is 13.9 Å². The smallest absolute Gasteiger partial charge is 0.293 e. The third-order valence-electron chi connectivity index (χ3n) is 3.93. The number of benzene rings is 2. The Bertz CT molecular complexity index is 852. The first-order chi connectivity index (χ1) is 12.1. The zero-order valence-electron chi connectivity index (χ0n) is 14.1. The zero-order chi connectivity index (χ0) is 17.8. The van der Waals surface area contributed by atoms with E-state index >= 15 is 0 Å². The van der Waals surface area contributed by atoms with E-state index in [1.165, 1.54) is 0 Å². The maximum absolute atomic E-state index is 10.7. The van der Waals surface area contributed by atoms with Gasteiger partial charge in [0.25, 0.3) is 6.47 Å². The maximum atomic E-state index is 10.7. The summed E-state index contributed by atoms with van der Waals surface area (Å²) in [4.78, 5) is 10.7. The first-order valence-corrected chi connectivity index (χ1v) is 8.86. The Hall–Kier alpha value is -2.27. The molecule has 0 saturated carbocycles. The van der Waals surface area contributed by atoms with Crippen LogP contribution in [0.25, 0.3) is 11.0 Å². The number of carbonyl (C=O) groups excluding carboxylic acids is 1. The lowest BCUT2D eigenvalue weighted by molar-refractivity contribution is -0.128. The molecule has 0 amide bonds. The minimum Gasteiger partial charge on any atom is -0.491 e. The summed E-state index contributed by atoms with van der Waals surface area (Å²) in [5.74, 6) is 0.671. The molecular weight excluding hydrogens is 384 g/mol. The minimum atomic E-state index is -0.117. The number of furan rings is 1. The molecule has 3 aromatic rings. The Morgan fingerprint density at radius 3 is 2.60 bits per heavy atom. The molecule has 1 aromatic heterocycles. The molecule has 0 radical (unpaired) electrons. The largest absolute Gasteiger partial charge is 0.491 e. The van der Waals surface area contributed by atoms with Crippen molar-refractivity contribution >= 4 is 33.4 Å². The van der Waals surface area contributed by atoms with Crippen molar-refractivity contribution in [2.45, 2.75) is 25.9 Å². The summed E-state index contributed by atoms with van der Waals surface area (Å²) in [5, 5.41) is 0.959. The molecule has 3 rings (SSSR count). The quantitative estimate of drug-likeness (QED) is 0.503. The van der Waals surface area contributed by atoms with Crippen LogP contribution in [-0.4, -0.2) is 19.2 Å². The second-order valence-electron chi connectivity index (χ2n) is 6.05. The highest BCUT2D eigenvalue weighted by atomic mass is 79.9. The number of rotatable bonds is 7.